The van der Waals surface area contributed by atoms with Gasteiger partial charge < -0.3 is 5.32 Å². The number of unbranched alkanes of at least 4 members (excludes halogenated alkanes) is 3. The Bertz CT molecular complexity index is 545. The van der Waals surface area contributed by atoms with Crippen LogP contribution in [0.1, 0.15) is 43.1 Å². The summed E-state index contributed by atoms with van der Waals surface area (Å²) in [5, 5.41) is 9.37. The van der Waals surface area contributed by atoms with Gasteiger partial charge in [-0.25, -0.2) is 0 Å². The third kappa shape index (κ3) is 3.70. The Balaban J connectivity index is 1.93. The molecule has 0 bridgehead atoms. The zero-order chi connectivity index (χ0) is 14.4. The van der Waals surface area contributed by atoms with E-state index in [1.807, 2.05) is 30.6 Å². The van der Waals surface area contributed by atoms with Crippen molar-refractivity contribution in [2.45, 2.75) is 32.6 Å². The number of rotatable bonds is 7. The third-order valence-electron chi connectivity index (χ3n) is 3.20. The van der Waals surface area contributed by atoms with E-state index < -0.39 is 0 Å². The lowest BCUT2D eigenvalue weighted by Crippen LogP contribution is -2.26. The SMILES string of the molecule is CCCCCCNC(=O)c1cc(-c2cccs2)nn1C. The predicted octanol–water partition coefficient (Wildman–Crippen LogP) is 3.46. The standard InChI is InChI=1S/C15H21N3OS/c1-3-4-5-6-9-16-15(19)13-11-12(17-18(13)2)14-8-7-10-20-14/h7-8,10-11H,3-6,9H2,1-2H3,(H,16,19). The number of nitrogens with one attached hydrogen (secondary N) is 1. The van der Waals surface area contributed by atoms with E-state index in [0.717, 1.165) is 23.5 Å². The largest absolute Gasteiger partial charge is 0.351 e. The molecule has 2 aromatic rings. The Morgan fingerprint density at radius 2 is 2.25 bits per heavy atom. The molecule has 2 rings (SSSR count). The van der Waals surface area contributed by atoms with Gasteiger partial charge in [-0.3, -0.25) is 9.48 Å². The first-order valence-corrected chi connectivity index (χ1v) is 7.96. The molecule has 20 heavy (non-hydrogen) atoms. The van der Waals surface area contributed by atoms with E-state index in [9.17, 15) is 4.79 Å². The molecule has 0 saturated heterocycles. The first-order chi connectivity index (χ1) is 9.72. The minimum atomic E-state index is -0.0423. The van der Waals surface area contributed by atoms with Gasteiger partial charge in [0.15, 0.2) is 0 Å². The molecule has 0 radical (unpaired) electrons. The molecule has 0 atom stereocenters. The lowest BCUT2D eigenvalue weighted by molar-refractivity contribution is 0.0943. The third-order valence-corrected chi connectivity index (χ3v) is 4.09. The average Bonchev–Trinajstić information content (AvgIpc) is 3.07. The maximum Gasteiger partial charge on any atom is 0.269 e. The van der Waals surface area contributed by atoms with Gasteiger partial charge in [-0.05, 0) is 23.9 Å². The van der Waals surface area contributed by atoms with Crippen molar-refractivity contribution in [2.24, 2.45) is 7.05 Å². The highest BCUT2D eigenvalue weighted by Gasteiger charge is 2.14. The highest BCUT2D eigenvalue weighted by Crippen LogP contribution is 2.23. The molecule has 2 aromatic heterocycles. The lowest BCUT2D eigenvalue weighted by Gasteiger charge is -2.04. The van der Waals surface area contributed by atoms with Gasteiger partial charge >= 0.3 is 0 Å². The zero-order valence-corrected chi connectivity index (χ0v) is 12.9. The number of hydrogen-bond donors (Lipinski definition) is 1. The summed E-state index contributed by atoms with van der Waals surface area (Å²) in [6.45, 7) is 2.92. The number of hydrogen-bond acceptors (Lipinski definition) is 3. The van der Waals surface area contributed by atoms with Crippen LogP contribution in [0.5, 0.6) is 0 Å². The second-order valence-corrected chi connectivity index (χ2v) is 5.78. The maximum absolute atomic E-state index is 12.1. The van der Waals surface area contributed by atoms with Crippen LogP contribution in [-0.4, -0.2) is 22.2 Å². The summed E-state index contributed by atoms with van der Waals surface area (Å²) in [5.41, 5.74) is 1.47. The number of carbonyl (C=O) groups is 1. The van der Waals surface area contributed by atoms with E-state index in [-0.39, 0.29) is 5.91 Å². The van der Waals surface area contributed by atoms with Crippen LogP contribution in [0.25, 0.3) is 10.6 Å². The van der Waals surface area contributed by atoms with Crippen LogP contribution >= 0.6 is 11.3 Å². The molecule has 0 fully saturated rings. The molecule has 108 valence electrons. The van der Waals surface area contributed by atoms with Crippen LogP contribution in [0.4, 0.5) is 0 Å². The van der Waals surface area contributed by atoms with Crippen LogP contribution in [0.3, 0.4) is 0 Å². The molecule has 0 saturated carbocycles. The molecule has 1 N–H and O–H groups in total. The molecule has 0 aliphatic carbocycles. The quantitative estimate of drug-likeness (QED) is 0.794. The normalized spacial score (nSPS) is 10.7. The molecule has 0 aliphatic rings. The van der Waals surface area contributed by atoms with Gasteiger partial charge in [0.25, 0.3) is 5.91 Å². The first-order valence-electron chi connectivity index (χ1n) is 7.08. The van der Waals surface area contributed by atoms with Crippen molar-refractivity contribution in [3.8, 4) is 10.6 Å². The summed E-state index contributed by atoms with van der Waals surface area (Å²) in [6.07, 6.45) is 4.64. The van der Waals surface area contributed by atoms with Crippen molar-refractivity contribution in [1.29, 1.82) is 0 Å². The van der Waals surface area contributed by atoms with E-state index in [2.05, 4.69) is 17.3 Å². The van der Waals surface area contributed by atoms with Crippen molar-refractivity contribution in [1.82, 2.24) is 15.1 Å². The molecule has 0 unspecified atom stereocenters. The first kappa shape index (κ1) is 14.8. The van der Waals surface area contributed by atoms with Gasteiger partial charge in [-0.2, -0.15) is 5.10 Å². The molecular formula is C15H21N3OS. The Kier molecular flexibility index (Phi) is 5.35. The number of carbonyl (C=O) groups excluding carboxylic acids is 1. The van der Waals surface area contributed by atoms with Gasteiger partial charge in [0, 0.05) is 13.6 Å². The molecule has 0 spiro atoms. The van der Waals surface area contributed by atoms with Crippen molar-refractivity contribution in [2.75, 3.05) is 6.54 Å². The van der Waals surface area contributed by atoms with Crippen LogP contribution in [0, 0.1) is 0 Å². The number of aromatic nitrogens is 2. The molecular weight excluding hydrogens is 270 g/mol. The highest BCUT2D eigenvalue weighted by molar-refractivity contribution is 7.13. The van der Waals surface area contributed by atoms with Gasteiger partial charge in [-0.15, -0.1) is 11.3 Å². The van der Waals surface area contributed by atoms with E-state index in [1.165, 1.54) is 19.3 Å². The Morgan fingerprint density at radius 1 is 1.40 bits per heavy atom. The van der Waals surface area contributed by atoms with Crippen LogP contribution < -0.4 is 5.32 Å². The van der Waals surface area contributed by atoms with Crippen molar-refractivity contribution < 1.29 is 4.79 Å². The van der Waals surface area contributed by atoms with E-state index >= 15 is 0 Å². The maximum atomic E-state index is 12.1. The predicted molar refractivity (Wildman–Crippen MR) is 83.0 cm³/mol. The topological polar surface area (TPSA) is 46.9 Å². The fraction of sp³-hybridized carbons (Fsp3) is 0.467. The van der Waals surface area contributed by atoms with E-state index in [0.29, 0.717) is 5.69 Å². The average molecular weight is 291 g/mol. The number of amides is 1. The lowest BCUT2D eigenvalue weighted by atomic mass is 10.2. The molecule has 4 nitrogen and oxygen atoms in total. The summed E-state index contributed by atoms with van der Waals surface area (Å²) in [6, 6.07) is 5.86. The van der Waals surface area contributed by atoms with Crippen LogP contribution in [0.15, 0.2) is 23.6 Å². The van der Waals surface area contributed by atoms with Crippen LogP contribution in [0.2, 0.25) is 0 Å². The summed E-state index contributed by atoms with van der Waals surface area (Å²) in [7, 11) is 1.81. The minimum Gasteiger partial charge on any atom is -0.351 e. The number of nitrogens with zero attached hydrogens (tertiary/aromatic N) is 2. The molecule has 1 amide bonds. The summed E-state index contributed by atoms with van der Waals surface area (Å²) >= 11 is 1.63. The van der Waals surface area contributed by atoms with Gasteiger partial charge in [-0.1, -0.05) is 32.3 Å². The Morgan fingerprint density at radius 3 is 2.95 bits per heavy atom. The zero-order valence-electron chi connectivity index (χ0n) is 12.1. The van der Waals surface area contributed by atoms with Crippen molar-refractivity contribution >= 4 is 17.2 Å². The molecule has 5 heteroatoms. The van der Waals surface area contributed by atoms with Gasteiger partial charge in [0.05, 0.1) is 4.88 Å². The van der Waals surface area contributed by atoms with Gasteiger partial charge in [0.2, 0.25) is 0 Å². The Labute approximate surface area is 123 Å². The summed E-state index contributed by atoms with van der Waals surface area (Å²) in [5.74, 6) is -0.0423. The fourth-order valence-electron chi connectivity index (χ4n) is 2.07. The molecule has 0 aliphatic heterocycles. The monoisotopic (exact) mass is 291 g/mol. The van der Waals surface area contributed by atoms with E-state index in [1.54, 1.807) is 16.0 Å². The Hall–Kier alpha value is -1.62. The molecule has 2 heterocycles. The smallest absolute Gasteiger partial charge is 0.269 e. The highest BCUT2D eigenvalue weighted by atomic mass is 32.1. The molecule has 0 aromatic carbocycles. The number of thiophene rings is 1. The fourth-order valence-corrected chi connectivity index (χ4v) is 2.75. The summed E-state index contributed by atoms with van der Waals surface area (Å²) < 4.78 is 1.65. The van der Waals surface area contributed by atoms with Crippen molar-refractivity contribution in [3.05, 3.63) is 29.3 Å². The minimum absolute atomic E-state index is 0.0423. The number of aryl methyl sites for hydroxylation is 1. The van der Waals surface area contributed by atoms with Crippen LogP contribution in [-0.2, 0) is 7.05 Å². The van der Waals surface area contributed by atoms with Gasteiger partial charge in [0.1, 0.15) is 11.4 Å². The van der Waals surface area contributed by atoms with E-state index in [4.69, 9.17) is 0 Å². The summed E-state index contributed by atoms with van der Waals surface area (Å²) in [4.78, 5) is 13.2. The van der Waals surface area contributed by atoms with Crippen molar-refractivity contribution in [3.63, 3.8) is 0 Å². The second kappa shape index (κ2) is 7.24. The second-order valence-electron chi connectivity index (χ2n) is 4.83.